The van der Waals surface area contributed by atoms with Gasteiger partial charge in [-0.3, -0.25) is 0 Å². The van der Waals surface area contributed by atoms with Gasteiger partial charge in [-0.1, -0.05) is 115 Å². The molecule has 55 heavy (non-hydrogen) atoms. The van der Waals surface area contributed by atoms with Crippen molar-refractivity contribution in [1.82, 2.24) is 14.1 Å². The number of benzene rings is 8. The van der Waals surface area contributed by atoms with E-state index in [4.69, 9.17) is 0 Å². The Labute approximate surface area is 318 Å². The van der Waals surface area contributed by atoms with E-state index in [2.05, 4.69) is 202 Å². The minimum atomic E-state index is 0.160. The molecule has 11 aromatic rings. The highest BCUT2D eigenvalue weighted by molar-refractivity contribution is 6.22. The third-order valence-corrected chi connectivity index (χ3v) is 12.0. The second kappa shape index (κ2) is 11.7. The van der Waals surface area contributed by atoms with Crippen LogP contribution in [0.5, 0.6) is 0 Å². The van der Waals surface area contributed by atoms with Crippen LogP contribution in [0.1, 0.15) is 34.7 Å². The van der Waals surface area contributed by atoms with Crippen LogP contribution in [-0.2, 0) is 0 Å². The lowest BCUT2D eigenvalue weighted by Crippen LogP contribution is -2.09. The van der Waals surface area contributed by atoms with Crippen LogP contribution in [0.25, 0.3) is 88.3 Å². The predicted molar refractivity (Wildman–Crippen MR) is 232 cm³/mol. The van der Waals surface area contributed by atoms with Crippen molar-refractivity contribution in [1.29, 1.82) is 0 Å². The Kier molecular flexibility index (Phi) is 6.46. The molecule has 1 aliphatic rings. The van der Waals surface area contributed by atoms with Crippen LogP contribution in [0.2, 0.25) is 0 Å². The van der Waals surface area contributed by atoms with E-state index in [-0.39, 0.29) is 5.92 Å². The molecule has 3 aromatic heterocycles. The summed E-state index contributed by atoms with van der Waals surface area (Å²) in [6.45, 7) is 0. The molecule has 3 heterocycles. The first kappa shape index (κ1) is 30.4. The highest BCUT2D eigenvalue weighted by Crippen LogP contribution is 2.47. The molecule has 0 saturated carbocycles. The molecule has 258 valence electrons. The van der Waals surface area contributed by atoms with Crippen molar-refractivity contribution >= 4 is 76.9 Å². The molecular formula is C52H35N3. The predicted octanol–water partition coefficient (Wildman–Crippen LogP) is 13.6. The maximum atomic E-state index is 3.90. The van der Waals surface area contributed by atoms with Crippen LogP contribution in [0, 0.1) is 0 Å². The summed E-state index contributed by atoms with van der Waals surface area (Å²) in [6.07, 6.45) is 3.35. The monoisotopic (exact) mass is 701 g/mol. The number of aromatic nitrogens is 3. The SMILES string of the molecule is C1=C(c2ccc3c(c2)c2c4ccccc4ccc2n3-c2ccccc2)CC(c2ccc3c(c2)c2ccccc2n3-c2ccccc2)c2[nH]c3ccccc3c21. The number of fused-ring (bicyclic) bond motifs is 11. The van der Waals surface area contributed by atoms with E-state index in [0.29, 0.717) is 0 Å². The first-order chi connectivity index (χ1) is 27.3. The van der Waals surface area contributed by atoms with Crippen LogP contribution in [-0.4, -0.2) is 14.1 Å². The van der Waals surface area contributed by atoms with Gasteiger partial charge in [-0.2, -0.15) is 0 Å². The topological polar surface area (TPSA) is 25.6 Å². The minimum absolute atomic E-state index is 0.160. The number of nitrogens with one attached hydrogen (secondary N) is 1. The third kappa shape index (κ3) is 4.50. The normalized spacial score (nSPS) is 14.4. The largest absolute Gasteiger partial charge is 0.357 e. The van der Waals surface area contributed by atoms with E-state index >= 15 is 0 Å². The molecular weight excluding hydrogens is 667 g/mol. The number of para-hydroxylation sites is 4. The zero-order valence-corrected chi connectivity index (χ0v) is 30.1. The molecule has 0 saturated heterocycles. The molecule has 0 spiro atoms. The highest BCUT2D eigenvalue weighted by atomic mass is 15.0. The molecule has 0 radical (unpaired) electrons. The molecule has 8 aromatic carbocycles. The zero-order chi connectivity index (χ0) is 36.0. The van der Waals surface area contributed by atoms with Gasteiger partial charge in [0.15, 0.2) is 0 Å². The summed E-state index contributed by atoms with van der Waals surface area (Å²) in [5.74, 6) is 0.160. The van der Waals surface area contributed by atoms with Crippen molar-refractivity contribution in [3.8, 4) is 11.4 Å². The fourth-order valence-corrected chi connectivity index (χ4v) is 9.56. The van der Waals surface area contributed by atoms with Gasteiger partial charge in [0.05, 0.1) is 22.1 Å². The number of allylic oxidation sites excluding steroid dienone is 1. The lowest BCUT2D eigenvalue weighted by molar-refractivity contribution is 0.808. The maximum absolute atomic E-state index is 3.90. The van der Waals surface area contributed by atoms with Crippen molar-refractivity contribution in [2.24, 2.45) is 0 Å². The molecule has 0 bridgehead atoms. The van der Waals surface area contributed by atoms with E-state index in [1.165, 1.54) is 105 Å². The molecule has 3 heteroatoms. The molecule has 1 N–H and O–H groups in total. The number of nitrogens with zero attached hydrogens (tertiary/aromatic N) is 2. The molecule has 1 aliphatic carbocycles. The van der Waals surface area contributed by atoms with Gasteiger partial charge >= 0.3 is 0 Å². The second-order valence-electron chi connectivity index (χ2n) is 15.0. The maximum Gasteiger partial charge on any atom is 0.0547 e. The third-order valence-electron chi connectivity index (χ3n) is 12.0. The summed E-state index contributed by atoms with van der Waals surface area (Å²) < 4.78 is 4.83. The van der Waals surface area contributed by atoms with E-state index in [1.54, 1.807) is 0 Å². The summed E-state index contributed by atoms with van der Waals surface area (Å²) in [6, 6.07) is 66.8. The van der Waals surface area contributed by atoms with Crippen molar-refractivity contribution in [3.05, 3.63) is 204 Å². The lowest BCUT2D eigenvalue weighted by atomic mass is 9.80. The van der Waals surface area contributed by atoms with Crippen molar-refractivity contribution in [2.45, 2.75) is 12.3 Å². The average Bonchev–Trinajstić information content (AvgIpc) is 3.91. The van der Waals surface area contributed by atoms with Crippen LogP contribution < -0.4 is 0 Å². The quantitative estimate of drug-likeness (QED) is 0.189. The fraction of sp³-hybridized carbons (Fsp3) is 0.0385. The molecule has 0 amide bonds. The molecule has 0 aliphatic heterocycles. The summed E-state index contributed by atoms with van der Waals surface area (Å²) in [7, 11) is 0. The minimum Gasteiger partial charge on any atom is -0.357 e. The Morgan fingerprint density at radius 3 is 1.89 bits per heavy atom. The van der Waals surface area contributed by atoms with Gasteiger partial charge in [0.1, 0.15) is 0 Å². The first-order valence-electron chi connectivity index (χ1n) is 19.2. The average molecular weight is 702 g/mol. The van der Waals surface area contributed by atoms with Crippen LogP contribution in [0.3, 0.4) is 0 Å². The Morgan fingerprint density at radius 2 is 1.07 bits per heavy atom. The molecule has 0 fully saturated rings. The summed E-state index contributed by atoms with van der Waals surface area (Å²) in [5.41, 5.74) is 15.0. The highest BCUT2D eigenvalue weighted by Gasteiger charge is 2.28. The summed E-state index contributed by atoms with van der Waals surface area (Å²) in [4.78, 5) is 3.90. The fourth-order valence-electron chi connectivity index (χ4n) is 9.56. The first-order valence-corrected chi connectivity index (χ1v) is 19.2. The number of hydrogen-bond acceptors (Lipinski definition) is 0. The van der Waals surface area contributed by atoms with Crippen LogP contribution in [0.15, 0.2) is 182 Å². The van der Waals surface area contributed by atoms with E-state index in [1.807, 2.05) is 0 Å². The van der Waals surface area contributed by atoms with E-state index in [9.17, 15) is 0 Å². The van der Waals surface area contributed by atoms with E-state index < -0.39 is 0 Å². The van der Waals surface area contributed by atoms with Crippen molar-refractivity contribution in [3.63, 3.8) is 0 Å². The smallest absolute Gasteiger partial charge is 0.0547 e. The van der Waals surface area contributed by atoms with Crippen LogP contribution >= 0.6 is 0 Å². The molecule has 12 rings (SSSR count). The number of H-pyrrole nitrogens is 1. The van der Waals surface area contributed by atoms with Gasteiger partial charge in [-0.15, -0.1) is 0 Å². The summed E-state index contributed by atoms with van der Waals surface area (Å²) >= 11 is 0. The van der Waals surface area contributed by atoms with Gasteiger partial charge in [0, 0.05) is 61.0 Å². The van der Waals surface area contributed by atoms with Gasteiger partial charge < -0.3 is 14.1 Å². The molecule has 1 atom stereocenters. The molecule has 3 nitrogen and oxygen atoms in total. The van der Waals surface area contributed by atoms with Gasteiger partial charge in [0.2, 0.25) is 0 Å². The second-order valence-corrected chi connectivity index (χ2v) is 15.0. The zero-order valence-electron chi connectivity index (χ0n) is 30.1. The summed E-state index contributed by atoms with van der Waals surface area (Å²) in [5, 5.41) is 8.97. The van der Waals surface area contributed by atoms with Gasteiger partial charge in [-0.25, -0.2) is 0 Å². The lowest BCUT2D eigenvalue weighted by Gasteiger charge is -2.25. The van der Waals surface area contributed by atoms with Gasteiger partial charge in [0.25, 0.3) is 0 Å². The number of aromatic amines is 1. The van der Waals surface area contributed by atoms with Gasteiger partial charge in [-0.05, 0) is 107 Å². The molecule has 1 unspecified atom stereocenters. The van der Waals surface area contributed by atoms with Crippen LogP contribution in [0.4, 0.5) is 0 Å². The van der Waals surface area contributed by atoms with Crippen molar-refractivity contribution < 1.29 is 0 Å². The van der Waals surface area contributed by atoms with Crippen molar-refractivity contribution in [2.75, 3.05) is 0 Å². The Bertz CT molecular complexity index is 3340. The Morgan fingerprint density at radius 1 is 0.455 bits per heavy atom. The number of rotatable bonds is 4. The van der Waals surface area contributed by atoms with E-state index in [0.717, 1.165) is 6.42 Å². The standard InChI is InChI=1S/C52H35N3/c1-3-14-37(15-4-1)54-47-22-12-10-20-41(47)43-30-35(25-27-48(43)54)42-31-36(32-44-40-19-9-11-21-46(40)53-52(42)44)34-24-26-49-45(29-34)51-39-18-8-7-13-33(39)23-28-50(51)55(49)38-16-5-2-6-17-38/h1-30,32,42,53H,31H2. The Hall–Kier alpha value is -7.10. The number of hydrogen-bond donors (Lipinski definition) is 1. The Balaban J connectivity index is 1.07.